The fourth-order valence-electron chi connectivity index (χ4n) is 1.36. The van der Waals surface area contributed by atoms with Crippen LogP contribution in [-0.4, -0.2) is 5.11 Å². The van der Waals surface area contributed by atoms with Crippen molar-refractivity contribution in [3.63, 3.8) is 0 Å². The number of rotatable bonds is 3. The lowest BCUT2D eigenvalue weighted by molar-refractivity contribution is 0.471. The number of halogens is 1. The zero-order valence-electron chi connectivity index (χ0n) is 8.83. The first kappa shape index (κ1) is 10.9. The highest BCUT2D eigenvalue weighted by atomic mass is 35.5. The van der Waals surface area contributed by atoms with Gasteiger partial charge in [-0.1, -0.05) is 6.07 Å². The van der Waals surface area contributed by atoms with Crippen LogP contribution in [0.2, 0.25) is 5.22 Å². The lowest BCUT2D eigenvalue weighted by atomic mass is 10.2. The Morgan fingerprint density at radius 2 is 2.12 bits per heavy atom. The number of phenols is 1. The summed E-state index contributed by atoms with van der Waals surface area (Å²) in [6, 6.07) is 8.95. The molecular formula is C12H12ClNO2. The van der Waals surface area contributed by atoms with E-state index in [2.05, 4.69) is 5.32 Å². The van der Waals surface area contributed by atoms with Crippen LogP contribution in [0.3, 0.4) is 0 Å². The fourth-order valence-corrected chi connectivity index (χ4v) is 1.52. The minimum atomic E-state index is 0.280. The first-order chi connectivity index (χ1) is 7.65. The highest BCUT2D eigenvalue weighted by Gasteiger charge is 2.01. The Labute approximate surface area is 98.7 Å². The topological polar surface area (TPSA) is 45.4 Å². The van der Waals surface area contributed by atoms with E-state index in [1.165, 1.54) is 0 Å². The van der Waals surface area contributed by atoms with E-state index in [1.807, 2.05) is 25.1 Å². The summed E-state index contributed by atoms with van der Waals surface area (Å²) in [4.78, 5) is 0. The molecule has 0 saturated heterocycles. The van der Waals surface area contributed by atoms with Gasteiger partial charge in [0.05, 0.1) is 6.54 Å². The molecule has 3 nitrogen and oxygen atoms in total. The zero-order chi connectivity index (χ0) is 11.5. The summed E-state index contributed by atoms with van der Waals surface area (Å²) in [7, 11) is 0. The lowest BCUT2D eigenvalue weighted by Gasteiger charge is -2.06. The molecule has 2 rings (SSSR count). The van der Waals surface area contributed by atoms with Crippen LogP contribution in [0.15, 0.2) is 34.7 Å². The van der Waals surface area contributed by atoms with Crippen molar-refractivity contribution in [1.82, 2.24) is 0 Å². The minimum Gasteiger partial charge on any atom is -0.508 e. The molecule has 0 radical (unpaired) electrons. The van der Waals surface area contributed by atoms with Gasteiger partial charge in [-0.3, -0.25) is 0 Å². The predicted octanol–water partition coefficient (Wildman–Crippen LogP) is 3.56. The third kappa shape index (κ3) is 2.49. The second-order valence-corrected chi connectivity index (χ2v) is 3.93. The van der Waals surface area contributed by atoms with Crippen LogP contribution >= 0.6 is 11.6 Å². The first-order valence-corrected chi connectivity index (χ1v) is 5.30. The zero-order valence-corrected chi connectivity index (χ0v) is 9.58. The Kier molecular flexibility index (Phi) is 3.06. The van der Waals surface area contributed by atoms with Gasteiger partial charge in [-0.05, 0) is 42.3 Å². The summed E-state index contributed by atoms with van der Waals surface area (Å²) in [5.41, 5.74) is 1.70. The average molecular weight is 238 g/mol. The van der Waals surface area contributed by atoms with Gasteiger partial charge in [0, 0.05) is 11.8 Å². The molecule has 0 unspecified atom stereocenters. The van der Waals surface area contributed by atoms with Gasteiger partial charge in [-0.25, -0.2) is 0 Å². The van der Waals surface area contributed by atoms with Crippen molar-refractivity contribution in [2.75, 3.05) is 5.32 Å². The summed E-state index contributed by atoms with van der Waals surface area (Å²) in [5, 5.41) is 13.0. The lowest BCUT2D eigenvalue weighted by Crippen LogP contribution is -1.97. The molecule has 0 saturated carbocycles. The van der Waals surface area contributed by atoms with Crippen molar-refractivity contribution in [1.29, 1.82) is 0 Å². The standard InChI is InChI=1S/C12H12ClNO2/c1-8-2-3-9(6-11(8)15)14-7-10-4-5-12(13)16-10/h2-6,14-15H,7H2,1H3. The number of anilines is 1. The normalized spacial score (nSPS) is 10.4. The van der Waals surface area contributed by atoms with E-state index in [-0.39, 0.29) is 5.75 Å². The predicted molar refractivity (Wildman–Crippen MR) is 63.9 cm³/mol. The Balaban J connectivity index is 2.02. The van der Waals surface area contributed by atoms with Crippen molar-refractivity contribution in [2.45, 2.75) is 13.5 Å². The molecule has 16 heavy (non-hydrogen) atoms. The van der Waals surface area contributed by atoms with Gasteiger partial charge >= 0.3 is 0 Å². The molecule has 2 N–H and O–H groups in total. The Hall–Kier alpha value is -1.61. The van der Waals surface area contributed by atoms with Gasteiger partial charge in [0.2, 0.25) is 0 Å². The summed E-state index contributed by atoms with van der Waals surface area (Å²) < 4.78 is 5.20. The number of benzene rings is 1. The second-order valence-electron chi connectivity index (χ2n) is 3.56. The van der Waals surface area contributed by atoms with Crippen molar-refractivity contribution in [2.24, 2.45) is 0 Å². The molecule has 0 spiro atoms. The summed E-state index contributed by atoms with van der Waals surface area (Å²) in [6.07, 6.45) is 0. The highest BCUT2D eigenvalue weighted by molar-refractivity contribution is 6.28. The van der Waals surface area contributed by atoms with Crippen LogP contribution in [0, 0.1) is 6.92 Å². The SMILES string of the molecule is Cc1ccc(NCc2ccc(Cl)o2)cc1O. The molecule has 0 aliphatic carbocycles. The van der Waals surface area contributed by atoms with E-state index in [0.717, 1.165) is 17.0 Å². The van der Waals surface area contributed by atoms with Crippen LogP contribution in [-0.2, 0) is 6.54 Å². The van der Waals surface area contributed by atoms with Gasteiger partial charge in [0.15, 0.2) is 5.22 Å². The van der Waals surface area contributed by atoms with Gasteiger partial charge in [0.1, 0.15) is 11.5 Å². The Bertz CT molecular complexity index is 494. The molecule has 1 aromatic carbocycles. The quantitative estimate of drug-likeness (QED) is 0.858. The number of nitrogens with one attached hydrogen (secondary N) is 1. The van der Waals surface area contributed by atoms with E-state index in [0.29, 0.717) is 11.8 Å². The van der Waals surface area contributed by atoms with E-state index >= 15 is 0 Å². The van der Waals surface area contributed by atoms with Crippen molar-refractivity contribution in [3.8, 4) is 5.75 Å². The van der Waals surface area contributed by atoms with Crippen LogP contribution in [0.4, 0.5) is 5.69 Å². The summed E-state index contributed by atoms with van der Waals surface area (Å²) >= 11 is 5.65. The average Bonchev–Trinajstić information content (AvgIpc) is 2.66. The smallest absolute Gasteiger partial charge is 0.193 e. The first-order valence-electron chi connectivity index (χ1n) is 4.93. The maximum absolute atomic E-state index is 9.52. The number of hydrogen-bond donors (Lipinski definition) is 2. The summed E-state index contributed by atoms with van der Waals surface area (Å²) in [5.74, 6) is 1.03. The van der Waals surface area contributed by atoms with Crippen molar-refractivity contribution >= 4 is 17.3 Å². The molecule has 0 aliphatic rings. The van der Waals surface area contributed by atoms with E-state index in [4.69, 9.17) is 16.0 Å². The van der Waals surface area contributed by atoms with Crippen LogP contribution in [0.5, 0.6) is 5.75 Å². The molecule has 0 fully saturated rings. The summed E-state index contributed by atoms with van der Waals surface area (Å²) in [6.45, 7) is 2.39. The minimum absolute atomic E-state index is 0.280. The van der Waals surface area contributed by atoms with E-state index < -0.39 is 0 Å². The van der Waals surface area contributed by atoms with E-state index in [1.54, 1.807) is 12.1 Å². The van der Waals surface area contributed by atoms with Crippen LogP contribution in [0.1, 0.15) is 11.3 Å². The Morgan fingerprint density at radius 3 is 2.75 bits per heavy atom. The van der Waals surface area contributed by atoms with Gasteiger partial charge in [-0.15, -0.1) is 0 Å². The van der Waals surface area contributed by atoms with Crippen LogP contribution < -0.4 is 5.32 Å². The molecule has 0 bridgehead atoms. The molecule has 0 amide bonds. The Morgan fingerprint density at radius 1 is 1.31 bits per heavy atom. The molecule has 1 aromatic heterocycles. The van der Waals surface area contributed by atoms with Gasteiger partial charge < -0.3 is 14.8 Å². The molecule has 2 aromatic rings. The van der Waals surface area contributed by atoms with Gasteiger partial charge in [-0.2, -0.15) is 0 Å². The molecule has 84 valence electrons. The largest absolute Gasteiger partial charge is 0.508 e. The molecule has 4 heteroatoms. The van der Waals surface area contributed by atoms with Crippen LogP contribution in [0.25, 0.3) is 0 Å². The second kappa shape index (κ2) is 4.49. The van der Waals surface area contributed by atoms with Crippen molar-refractivity contribution < 1.29 is 9.52 Å². The van der Waals surface area contributed by atoms with E-state index in [9.17, 15) is 5.11 Å². The maximum atomic E-state index is 9.52. The third-order valence-electron chi connectivity index (χ3n) is 2.30. The number of aryl methyl sites for hydroxylation is 1. The molecule has 1 heterocycles. The maximum Gasteiger partial charge on any atom is 0.193 e. The highest BCUT2D eigenvalue weighted by Crippen LogP contribution is 2.21. The number of aromatic hydroxyl groups is 1. The number of phenolic OH excluding ortho intramolecular Hbond substituents is 1. The van der Waals surface area contributed by atoms with Gasteiger partial charge in [0.25, 0.3) is 0 Å². The number of furan rings is 1. The number of hydrogen-bond acceptors (Lipinski definition) is 3. The molecule has 0 aliphatic heterocycles. The van der Waals surface area contributed by atoms with Crippen molar-refractivity contribution in [3.05, 3.63) is 46.9 Å². The molecule has 0 atom stereocenters. The monoisotopic (exact) mass is 237 g/mol. The third-order valence-corrected chi connectivity index (χ3v) is 2.51. The molecular weight excluding hydrogens is 226 g/mol. The fraction of sp³-hybridized carbons (Fsp3) is 0.167.